The Labute approximate surface area is 141 Å². The molecule has 5 heteroatoms. The monoisotopic (exact) mass is 320 g/mol. The highest BCUT2D eigenvalue weighted by Gasteiger charge is 2.16. The lowest BCUT2D eigenvalue weighted by Crippen LogP contribution is -2.23. The van der Waals surface area contributed by atoms with Gasteiger partial charge in [0, 0.05) is 25.0 Å². The number of hydrogen-bond donors (Lipinski definition) is 1. The maximum atomic E-state index is 11.5. The molecule has 3 aromatic rings. The van der Waals surface area contributed by atoms with Gasteiger partial charge >= 0.3 is 0 Å². The number of anilines is 1. The molecule has 0 aliphatic rings. The molecule has 0 saturated carbocycles. The standard InChI is InChI=1S/C19H20N4O/c1-12-21-17-7-5-4-6-16(17)19(22-12)18(20)14-8-10-15(11-9-14)23(3)13(2)24/h4-11,18H,20H2,1-3H3. The van der Waals surface area contributed by atoms with E-state index in [0.717, 1.165) is 27.8 Å². The number of benzene rings is 2. The van der Waals surface area contributed by atoms with Crippen molar-refractivity contribution in [1.82, 2.24) is 9.97 Å². The van der Waals surface area contributed by atoms with Crippen molar-refractivity contribution < 1.29 is 4.79 Å². The Bertz CT molecular complexity index is 890. The Kier molecular flexibility index (Phi) is 4.27. The second-order valence-electron chi connectivity index (χ2n) is 5.82. The van der Waals surface area contributed by atoms with Crippen LogP contribution in [0.3, 0.4) is 0 Å². The Morgan fingerprint density at radius 1 is 1.08 bits per heavy atom. The van der Waals surface area contributed by atoms with Crippen molar-refractivity contribution in [3.05, 3.63) is 65.6 Å². The molecule has 0 bridgehead atoms. The quantitative estimate of drug-likeness (QED) is 0.805. The summed E-state index contributed by atoms with van der Waals surface area (Å²) < 4.78 is 0. The average Bonchev–Trinajstić information content (AvgIpc) is 2.59. The maximum absolute atomic E-state index is 11.5. The second-order valence-corrected chi connectivity index (χ2v) is 5.82. The fourth-order valence-electron chi connectivity index (χ4n) is 2.70. The predicted molar refractivity (Wildman–Crippen MR) is 95.8 cm³/mol. The Morgan fingerprint density at radius 3 is 2.42 bits per heavy atom. The third kappa shape index (κ3) is 2.98. The number of rotatable bonds is 3. The van der Waals surface area contributed by atoms with Gasteiger partial charge in [0.25, 0.3) is 0 Å². The highest BCUT2D eigenvalue weighted by Crippen LogP contribution is 2.26. The molecule has 2 aromatic carbocycles. The van der Waals surface area contributed by atoms with Crippen LogP contribution in [-0.2, 0) is 4.79 Å². The van der Waals surface area contributed by atoms with Gasteiger partial charge in [-0.1, -0.05) is 30.3 Å². The number of nitrogens with zero attached hydrogens (tertiary/aromatic N) is 3. The van der Waals surface area contributed by atoms with E-state index in [0.29, 0.717) is 5.82 Å². The highest BCUT2D eigenvalue weighted by atomic mass is 16.2. The fraction of sp³-hybridized carbons (Fsp3) is 0.211. The van der Waals surface area contributed by atoms with Crippen LogP contribution in [-0.4, -0.2) is 22.9 Å². The van der Waals surface area contributed by atoms with E-state index in [9.17, 15) is 4.79 Å². The van der Waals surface area contributed by atoms with E-state index in [4.69, 9.17) is 5.73 Å². The lowest BCUT2D eigenvalue weighted by molar-refractivity contribution is -0.116. The van der Waals surface area contributed by atoms with Crippen molar-refractivity contribution in [3.63, 3.8) is 0 Å². The van der Waals surface area contributed by atoms with Crippen LogP contribution in [0, 0.1) is 6.92 Å². The summed E-state index contributed by atoms with van der Waals surface area (Å²) in [5.74, 6) is 0.691. The lowest BCUT2D eigenvalue weighted by Gasteiger charge is -2.18. The third-order valence-electron chi connectivity index (χ3n) is 4.15. The zero-order valence-electron chi connectivity index (χ0n) is 14.0. The van der Waals surface area contributed by atoms with Gasteiger partial charge in [0.15, 0.2) is 0 Å². The molecule has 0 saturated heterocycles. The second kappa shape index (κ2) is 6.37. The number of carbonyl (C=O) groups is 1. The van der Waals surface area contributed by atoms with Crippen molar-refractivity contribution in [1.29, 1.82) is 0 Å². The summed E-state index contributed by atoms with van der Waals surface area (Å²) in [4.78, 5) is 22.1. The first-order valence-corrected chi connectivity index (χ1v) is 7.80. The van der Waals surface area contributed by atoms with Crippen molar-refractivity contribution in [2.24, 2.45) is 5.73 Å². The van der Waals surface area contributed by atoms with Gasteiger partial charge in [-0.15, -0.1) is 0 Å². The van der Waals surface area contributed by atoms with Gasteiger partial charge in [0.05, 0.1) is 17.3 Å². The molecular formula is C19H20N4O. The molecule has 1 heterocycles. The van der Waals surface area contributed by atoms with E-state index < -0.39 is 0 Å². The number of aryl methyl sites for hydroxylation is 1. The van der Waals surface area contributed by atoms with Crippen LogP contribution >= 0.6 is 0 Å². The number of carbonyl (C=O) groups excluding carboxylic acids is 1. The summed E-state index contributed by atoms with van der Waals surface area (Å²) in [7, 11) is 1.75. The van der Waals surface area contributed by atoms with Crippen molar-refractivity contribution in [3.8, 4) is 0 Å². The van der Waals surface area contributed by atoms with Gasteiger partial charge in [-0.3, -0.25) is 4.79 Å². The zero-order valence-corrected chi connectivity index (χ0v) is 14.0. The van der Waals surface area contributed by atoms with Crippen LogP contribution in [0.4, 0.5) is 5.69 Å². The van der Waals surface area contributed by atoms with Crippen LogP contribution in [0.25, 0.3) is 10.9 Å². The van der Waals surface area contributed by atoms with E-state index in [1.807, 2.05) is 55.5 Å². The first kappa shape index (κ1) is 16.1. The van der Waals surface area contributed by atoms with E-state index in [2.05, 4.69) is 9.97 Å². The van der Waals surface area contributed by atoms with Gasteiger partial charge in [-0.05, 0) is 30.7 Å². The molecule has 0 radical (unpaired) electrons. The largest absolute Gasteiger partial charge is 0.319 e. The summed E-state index contributed by atoms with van der Waals surface area (Å²) in [5, 5.41) is 0.959. The molecule has 0 fully saturated rings. The number of aromatic nitrogens is 2. The third-order valence-corrected chi connectivity index (χ3v) is 4.15. The number of hydrogen-bond acceptors (Lipinski definition) is 4. The lowest BCUT2D eigenvalue weighted by atomic mass is 10.0. The Morgan fingerprint density at radius 2 is 1.75 bits per heavy atom. The SMILES string of the molecule is CC(=O)N(C)c1ccc(C(N)c2nc(C)nc3ccccc23)cc1. The molecule has 1 unspecified atom stereocenters. The smallest absolute Gasteiger partial charge is 0.223 e. The van der Waals surface area contributed by atoms with Crippen LogP contribution in [0.2, 0.25) is 0 Å². The summed E-state index contributed by atoms with van der Waals surface area (Å²) in [6, 6.07) is 15.2. The summed E-state index contributed by atoms with van der Waals surface area (Å²) in [6.07, 6.45) is 0. The molecule has 5 nitrogen and oxygen atoms in total. The first-order chi connectivity index (χ1) is 11.5. The predicted octanol–water partition coefficient (Wildman–Crippen LogP) is 2.97. The van der Waals surface area contributed by atoms with Crippen LogP contribution in [0.1, 0.15) is 30.0 Å². The molecule has 3 rings (SSSR count). The molecule has 0 aliphatic carbocycles. The molecule has 1 atom stereocenters. The first-order valence-electron chi connectivity index (χ1n) is 7.80. The molecule has 24 heavy (non-hydrogen) atoms. The molecule has 1 amide bonds. The summed E-state index contributed by atoms with van der Waals surface area (Å²) >= 11 is 0. The number of amides is 1. The van der Waals surface area contributed by atoms with Crippen molar-refractivity contribution in [2.45, 2.75) is 19.9 Å². The molecule has 0 aliphatic heterocycles. The Balaban J connectivity index is 2.00. The van der Waals surface area contributed by atoms with Gasteiger partial charge in [-0.25, -0.2) is 9.97 Å². The minimum absolute atomic E-state index is 0.00975. The molecule has 1 aromatic heterocycles. The minimum Gasteiger partial charge on any atom is -0.319 e. The number of para-hydroxylation sites is 1. The average molecular weight is 320 g/mol. The van der Waals surface area contributed by atoms with Gasteiger partial charge in [-0.2, -0.15) is 0 Å². The normalized spacial score (nSPS) is 12.2. The number of nitrogens with two attached hydrogens (primary N) is 1. The van der Waals surface area contributed by atoms with Crippen LogP contribution in [0.15, 0.2) is 48.5 Å². The molecular weight excluding hydrogens is 300 g/mol. The Hall–Kier alpha value is -2.79. The maximum Gasteiger partial charge on any atom is 0.223 e. The fourth-order valence-corrected chi connectivity index (χ4v) is 2.70. The van der Waals surface area contributed by atoms with E-state index in [1.54, 1.807) is 11.9 Å². The molecule has 0 spiro atoms. The topological polar surface area (TPSA) is 72.1 Å². The van der Waals surface area contributed by atoms with Gasteiger partial charge in [0.1, 0.15) is 5.82 Å². The van der Waals surface area contributed by atoms with Crippen LogP contribution in [0.5, 0.6) is 0 Å². The van der Waals surface area contributed by atoms with E-state index in [1.165, 1.54) is 6.92 Å². The zero-order chi connectivity index (χ0) is 17.3. The molecule has 122 valence electrons. The number of fused-ring (bicyclic) bond motifs is 1. The molecule has 2 N–H and O–H groups in total. The summed E-state index contributed by atoms with van der Waals surface area (Å²) in [5.41, 5.74) is 9.95. The van der Waals surface area contributed by atoms with Crippen LogP contribution < -0.4 is 10.6 Å². The van der Waals surface area contributed by atoms with E-state index >= 15 is 0 Å². The highest BCUT2D eigenvalue weighted by molar-refractivity contribution is 5.90. The van der Waals surface area contributed by atoms with Gasteiger partial charge < -0.3 is 10.6 Å². The van der Waals surface area contributed by atoms with Crippen molar-refractivity contribution in [2.75, 3.05) is 11.9 Å². The summed E-state index contributed by atoms with van der Waals surface area (Å²) in [6.45, 7) is 3.41. The van der Waals surface area contributed by atoms with Crippen molar-refractivity contribution >= 4 is 22.5 Å². The van der Waals surface area contributed by atoms with Gasteiger partial charge in [0.2, 0.25) is 5.91 Å². The minimum atomic E-state index is -0.353. The van der Waals surface area contributed by atoms with E-state index in [-0.39, 0.29) is 11.9 Å².